The van der Waals surface area contributed by atoms with Crippen LogP contribution in [0.4, 0.5) is 0 Å². The van der Waals surface area contributed by atoms with Crippen molar-refractivity contribution >= 4 is 11.3 Å². The zero-order valence-electron chi connectivity index (χ0n) is 11.8. The van der Waals surface area contributed by atoms with E-state index in [1.807, 2.05) is 17.5 Å². The Hall–Kier alpha value is -0.450. The summed E-state index contributed by atoms with van der Waals surface area (Å²) in [6.07, 6.45) is 5.64. The summed E-state index contributed by atoms with van der Waals surface area (Å²) < 4.78 is 0. The number of likely N-dealkylation sites (tertiary alicyclic amines) is 1. The van der Waals surface area contributed by atoms with E-state index in [2.05, 4.69) is 36.0 Å². The van der Waals surface area contributed by atoms with Crippen LogP contribution in [-0.4, -0.2) is 35.6 Å². The van der Waals surface area contributed by atoms with Gasteiger partial charge in [0, 0.05) is 30.2 Å². The number of hydrogen-bond acceptors (Lipinski definition) is 4. The minimum atomic E-state index is 0.476. The Kier molecular flexibility index (Phi) is 5.15. The van der Waals surface area contributed by atoms with Crippen molar-refractivity contribution in [3.05, 3.63) is 16.1 Å². The van der Waals surface area contributed by atoms with Gasteiger partial charge < -0.3 is 5.32 Å². The molecule has 0 aromatic carbocycles. The van der Waals surface area contributed by atoms with Crippen LogP contribution >= 0.6 is 11.3 Å². The summed E-state index contributed by atoms with van der Waals surface area (Å²) in [5.41, 5.74) is 0. The van der Waals surface area contributed by atoms with E-state index < -0.39 is 0 Å². The Balaban J connectivity index is 1.88. The zero-order chi connectivity index (χ0) is 13.0. The molecule has 18 heavy (non-hydrogen) atoms. The van der Waals surface area contributed by atoms with Gasteiger partial charge in [0.1, 0.15) is 5.01 Å². The fraction of sp³-hybridized carbons (Fsp3) is 0.786. The quantitative estimate of drug-likeness (QED) is 0.859. The summed E-state index contributed by atoms with van der Waals surface area (Å²) in [4.78, 5) is 8.54. The molecule has 0 radical (unpaired) electrons. The molecule has 1 N–H and O–H groups in total. The van der Waals surface area contributed by atoms with Crippen LogP contribution in [0.15, 0.2) is 6.20 Å². The lowest BCUT2D eigenvalue weighted by Gasteiger charge is -2.22. The van der Waals surface area contributed by atoms with Crippen LogP contribution < -0.4 is 5.32 Å². The second-order valence-electron chi connectivity index (χ2n) is 5.13. The van der Waals surface area contributed by atoms with Crippen molar-refractivity contribution in [2.45, 2.75) is 52.1 Å². The molecule has 0 amide bonds. The highest BCUT2D eigenvalue weighted by Gasteiger charge is 2.27. The first-order valence-electron chi connectivity index (χ1n) is 7.16. The maximum atomic E-state index is 4.58. The highest BCUT2D eigenvalue weighted by molar-refractivity contribution is 7.11. The van der Waals surface area contributed by atoms with Gasteiger partial charge in [0.2, 0.25) is 0 Å². The molecular formula is C14H25N3S. The van der Waals surface area contributed by atoms with Crippen molar-refractivity contribution < 1.29 is 0 Å². The molecule has 1 aliphatic heterocycles. The van der Waals surface area contributed by atoms with E-state index in [1.165, 1.54) is 35.8 Å². The van der Waals surface area contributed by atoms with Gasteiger partial charge in [0.05, 0.1) is 6.04 Å². The first-order valence-corrected chi connectivity index (χ1v) is 7.98. The van der Waals surface area contributed by atoms with Gasteiger partial charge >= 0.3 is 0 Å². The van der Waals surface area contributed by atoms with Crippen LogP contribution in [0, 0.1) is 0 Å². The number of rotatable bonds is 6. The molecule has 2 unspecified atom stereocenters. The molecule has 1 aliphatic rings. The predicted octanol–water partition coefficient (Wildman–Crippen LogP) is 2.84. The van der Waals surface area contributed by atoms with E-state index in [4.69, 9.17) is 0 Å². The maximum Gasteiger partial charge on any atom is 0.110 e. The number of nitrogens with zero attached hydrogens (tertiary/aromatic N) is 2. The second-order valence-corrected chi connectivity index (χ2v) is 6.28. The van der Waals surface area contributed by atoms with Crippen molar-refractivity contribution in [3.63, 3.8) is 0 Å². The molecule has 1 saturated heterocycles. The smallest absolute Gasteiger partial charge is 0.110 e. The number of thiazole rings is 1. The highest BCUT2D eigenvalue weighted by Crippen LogP contribution is 2.28. The van der Waals surface area contributed by atoms with Crippen molar-refractivity contribution in [2.24, 2.45) is 0 Å². The molecule has 102 valence electrons. The van der Waals surface area contributed by atoms with Crippen LogP contribution in [0.5, 0.6) is 0 Å². The fourth-order valence-electron chi connectivity index (χ4n) is 2.49. The molecule has 0 bridgehead atoms. The summed E-state index contributed by atoms with van der Waals surface area (Å²) in [6, 6.07) is 1.15. The van der Waals surface area contributed by atoms with Gasteiger partial charge in [0.15, 0.2) is 0 Å². The number of aryl methyl sites for hydroxylation is 1. The minimum Gasteiger partial charge on any atom is -0.313 e. The maximum absolute atomic E-state index is 4.58. The van der Waals surface area contributed by atoms with Gasteiger partial charge in [-0.25, -0.2) is 4.98 Å². The van der Waals surface area contributed by atoms with Crippen LogP contribution in [0.2, 0.25) is 0 Å². The van der Waals surface area contributed by atoms with Crippen molar-refractivity contribution in [2.75, 3.05) is 19.6 Å². The van der Waals surface area contributed by atoms with Crippen LogP contribution in [0.1, 0.15) is 49.5 Å². The van der Waals surface area contributed by atoms with Gasteiger partial charge in [-0.3, -0.25) is 4.90 Å². The van der Waals surface area contributed by atoms with Crippen LogP contribution in [0.25, 0.3) is 0 Å². The first-order chi connectivity index (χ1) is 8.74. The van der Waals surface area contributed by atoms with Crippen molar-refractivity contribution in [1.29, 1.82) is 0 Å². The average Bonchev–Trinajstić information content (AvgIpc) is 3.04. The Morgan fingerprint density at radius 3 is 3.06 bits per heavy atom. The molecule has 4 heteroatoms. The van der Waals surface area contributed by atoms with Gasteiger partial charge in [0.25, 0.3) is 0 Å². The Morgan fingerprint density at radius 1 is 1.56 bits per heavy atom. The summed E-state index contributed by atoms with van der Waals surface area (Å²) in [5.74, 6) is 0. The van der Waals surface area contributed by atoms with E-state index in [-0.39, 0.29) is 0 Å². The van der Waals surface area contributed by atoms with Gasteiger partial charge in [-0.05, 0) is 32.7 Å². The third-order valence-corrected chi connectivity index (χ3v) is 5.04. The predicted molar refractivity (Wildman–Crippen MR) is 78.2 cm³/mol. The van der Waals surface area contributed by atoms with Crippen LogP contribution in [-0.2, 0) is 6.42 Å². The van der Waals surface area contributed by atoms with Crippen molar-refractivity contribution in [1.82, 2.24) is 15.2 Å². The van der Waals surface area contributed by atoms with E-state index in [0.29, 0.717) is 12.1 Å². The lowest BCUT2D eigenvalue weighted by molar-refractivity contribution is 0.255. The molecule has 0 spiro atoms. The topological polar surface area (TPSA) is 28.2 Å². The molecule has 2 rings (SSSR count). The Morgan fingerprint density at radius 2 is 2.39 bits per heavy atom. The van der Waals surface area contributed by atoms with Crippen LogP contribution in [0.3, 0.4) is 0 Å². The lowest BCUT2D eigenvalue weighted by Crippen LogP contribution is -2.33. The SMILES string of the molecule is CCCNC1CCN(C(C)c2ncc(CC)s2)C1. The first kappa shape index (κ1) is 14.0. The normalized spacial score (nSPS) is 22.5. The molecule has 0 aliphatic carbocycles. The molecule has 2 atom stereocenters. The second kappa shape index (κ2) is 6.64. The summed E-state index contributed by atoms with van der Waals surface area (Å²) in [7, 11) is 0. The van der Waals surface area contributed by atoms with Gasteiger partial charge in [-0.1, -0.05) is 13.8 Å². The Bertz CT molecular complexity index is 364. The summed E-state index contributed by atoms with van der Waals surface area (Å²) >= 11 is 1.87. The van der Waals surface area contributed by atoms with E-state index in [0.717, 1.165) is 13.0 Å². The minimum absolute atomic E-state index is 0.476. The molecular weight excluding hydrogens is 242 g/mol. The lowest BCUT2D eigenvalue weighted by atomic mass is 10.2. The molecule has 0 saturated carbocycles. The van der Waals surface area contributed by atoms with E-state index in [1.54, 1.807) is 0 Å². The van der Waals surface area contributed by atoms with E-state index in [9.17, 15) is 0 Å². The monoisotopic (exact) mass is 267 g/mol. The van der Waals surface area contributed by atoms with Gasteiger partial charge in [-0.2, -0.15) is 0 Å². The summed E-state index contributed by atoms with van der Waals surface area (Å²) in [5, 5.41) is 4.91. The third kappa shape index (κ3) is 3.31. The number of hydrogen-bond donors (Lipinski definition) is 1. The largest absolute Gasteiger partial charge is 0.313 e. The summed E-state index contributed by atoms with van der Waals surface area (Å²) in [6.45, 7) is 10.2. The average molecular weight is 267 g/mol. The highest BCUT2D eigenvalue weighted by atomic mass is 32.1. The number of nitrogens with one attached hydrogen (secondary N) is 1. The number of aromatic nitrogens is 1. The third-order valence-electron chi connectivity index (χ3n) is 3.73. The zero-order valence-corrected chi connectivity index (χ0v) is 12.6. The van der Waals surface area contributed by atoms with Gasteiger partial charge in [-0.15, -0.1) is 11.3 Å². The van der Waals surface area contributed by atoms with E-state index >= 15 is 0 Å². The molecule has 3 nitrogen and oxygen atoms in total. The molecule has 1 fully saturated rings. The fourth-order valence-corrected chi connectivity index (χ4v) is 3.43. The molecule has 1 aromatic heterocycles. The molecule has 1 aromatic rings. The van der Waals surface area contributed by atoms with Crippen molar-refractivity contribution in [3.8, 4) is 0 Å². The Labute approximate surface area is 115 Å². The molecule has 2 heterocycles. The standard InChI is InChI=1S/C14H25N3S/c1-4-7-15-12-6-8-17(10-12)11(3)14-16-9-13(5-2)18-14/h9,11-12,15H,4-8,10H2,1-3H3.